The quantitative estimate of drug-likeness (QED) is 0.313. The zero-order valence-corrected chi connectivity index (χ0v) is 26.6. The fourth-order valence-electron chi connectivity index (χ4n) is 4.83. The zero-order valence-electron chi connectivity index (χ0n) is 25.0. The molecule has 0 bridgehead atoms. The molecule has 4 rings (SSSR count). The lowest BCUT2D eigenvalue weighted by atomic mass is 10.0. The van der Waals surface area contributed by atoms with Gasteiger partial charge in [0, 0.05) is 41.5 Å². The Labute approximate surface area is 262 Å². The number of sulfonamides is 1. The Morgan fingerprint density at radius 3 is 2.39 bits per heavy atom. The molecular weight excluding hydrogens is 608 g/mol. The van der Waals surface area contributed by atoms with Gasteiger partial charge in [-0.15, -0.1) is 0 Å². The number of amides is 3. The highest BCUT2D eigenvalue weighted by Gasteiger charge is 2.33. The van der Waals surface area contributed by atoms with Gasteiger partial charge < -0.3 is 30.1 Å². The molecule has 3 aromatic rings. The van der Waals surface area contributed by atoms with Crippen LogP contribution in [-0.2, 0) is 21.2 Å². The highest BCUT2D eigenvalue weighted by atomic mass is 35.5. The number of likely N-dealkylation sites (N-methyl/N-ethyl adjacent to an activating group) is 1. The molecule has 236 valence electrons. The van der Waals surface area contributed by atoms with Crippen LogP contribution in [-0.4, -0.2) is 80.7 Å². The van der Waals surface area contributed by atoms with Gasteiger partial charge in [0.05, 0.1) is 37.6 Å². The summed E-state index contributed by atoms with van der Waals surface area (Å²) in [6.45, 7) is 3.61. The Morgan fingerprint density at radius 2 is 1.75 bits per heavy atom. The molecular formula is C31H37ClN4O7S. The lowest BCUT2D eigenvalue weighted by Crippen LogP contribution is -2.48. The number of urea groups is 1. The predicted octanol–water partition coefficient (Wildman–Crippen LogP) is 4.46. The fraction of sp³-hybridized carbons (Fsp3) is 0.355. The summed E-state index contributed by atoms with van der Waals surface area (Å²) < 4.78 is 39.5. The first-order valence-corrected chi connectivity index (χ1v) is 15.9. The van der Waals surface area contributed by atoms with Gasteiger partial charge in [0.1, 0.15) is 17.6 Å². The van der Waals surface area contributed by atoms with E-state index in [9.17, 15) is 23.1 Å². The van der Waals surface area contributed by atoms with Gasteiger partial charge in [-0.1, -0.05) is 18.5 Å². The lowest BCUT2D eigenvalue weighted by molar-refractivity contribution is -0.134. The van der Waals surface area contributed by atoms with E-state index in [1.165, 1.54) is 35.6 Å². The van der Waals surface area contributed by atoms with Crippen molar-refractivity contribution in [2.24, 2.45) is 5.92 Å². The SMILES string of the molecule is COc1ccc(NC(=O)Nc2ccc3c(c2)CC(=O)N([C@H](C)CO)C[C@H](C)[C@H](CN(C)S(=O)(=O)c2ccc(Cl)cc2)O3)cc1. The van der Waals surface area contributed by atoms with E-state index >= 15 is 0 Å². The van der Waals surface area contributed by atoms with Crippen LogP contribution in [0.4, 0.5) is 16.2 Å². The van der Waals surface area contributed by atoms with Crippen LogP contribution < -0.4 is 20.1 Å². The number of carbonyl (C=O) groups is 2. The van der Waals surface area contributed by atoms with Crippen molar-refractivity contribution in [2.45, 2.75) is 37.3 Å². The molecule has 0 fully saturated rings. The third kappa shape index (κ3) is 8.00. The average molecular weight is 645 g/mol. The second kappa shape index (κ2) is 14.3. The minimum Gasteiger partial charge on any atom is -0.497 e. The number of carbonyl (C=O) groups excluding carboxylic acids is 2. The fourth-order valence-corrected chi connectivity index (χ4v) is 6.14. The number of nitrogens with zero attached hydrogens (tertiary/aromatic N) is 2. The number of aliphatic hydroxyl groups is 1. The van der Waals surface area contributed by atoms with Crippen molar-refractivity contribution >= 4 is 44.9 Å². The number of methoxy groups -OCH3 is 1. The number of ether oxygens (including phenoxy) is 2. The molecule has 3 aromatic carbocycles. The zero-order chi connectivity index (χ0) is 32.0. The Morgan fingerprint density at radius 1 is 1.11 bits per heavy atom. The molecule has 0 spiro atoms. The van der Waals surface area contributed by atoms with E-state index in [-0.39, 0.29) is 42.8 Å². The molecule has 1 aliphatic heterocycles. The van der Waals surface area contributed by atoms with Crippen LogP contribution in [0.1, 0.15) is 19.4 Å². The van der Waals surface area contributed by atoms with E-state index in [1.54, 1.807) is 61.4 Å². The maximum Gasteiger partial charge on any atom is 0.323 e. The molecule has 0 saturated carbocycles. The van der Waals surface area contributed by atoms with Crippen molar-refractivity contribution in [2.75, 3.05) is 44.5 Å². The minimum absolute atomic E-state index is 0.00856. The smallest absolute Gasteiger partial charge is 0.323 e. The molecule has 3 amide bonds. The number of nitrogens with one attached hydrogen (secondary N) is 2. The van der Waals surface area contributed by atoms with Gasteiger partial charge in [-0.2, -0.15) is 4.31 Å². The number of aliphatic hydroxyl groups excluding tert-OH is 1. The van der Waals surface area contributed by atoms with Gasteiger partial charge in [0.15, 0.2) is 0 Å². The van der Waals surface area contributed by atoms with Crippen molar-refractivity contribution in [1.29, 1.82) is 0 Å². The highest BCUT2D eigenvalue weighted by molar-refractivity contribution is 7.89. The molecule has 13 heteroatoms. The molecule has 0 unspecified atom stereocenters. The van der Waals surface area contributed by atoms with Crippen molar-refractivity contribution in [1.82, 2.24) is 9.21 Å². The van der Waals surface area contributed by atoms with Crippen molar-refractivity contribution < 1.29 is 32.6 Å². The maximum absolute atomic E-state index is 13.5. The largest absolute Gasteiger partial charge is 0.497 e. The van der Waals surface area contributed by atoms with Gasteiger partial charge in [-0.3, -0.25) is 4.79 Å². The Hall–Kier alpha value is -3.84. The molecule has 0 aliphatic carbocycles. The van der Waals surface area contributed by atoms with Crippen LogP contribution in [0, 0.1) is 5.92 Å². The summed E-state index contributed by atoms with van der Waals surface area (Å²) in [6, 6.07) is 16.8. The third-order valence-electron chi connectivity index (χ3n) is 7.48. The first-order chi connectivity index (χ1) is 20.9. The normalized spacial score (nSPS) is 17.9. The van der Waals surface area contributed by atoms with Crippen LogP contribution >= 0.6 is 11.6 Å². The van der Waals surface area contributed by atoms with Crippen LogP contribution in [0.3, 0.4) is 0 Å². The number of hydrogen-bond donors (Lipinski definition) is 3. The number of benzene rings is 3. The summed E-state index contributed by atoms with van der Waals surface area (Å²) >= 11 is 5.95. The number of fused-ring (bicyclic) bond motifs is 1. The van der Waals surface area contributed by atoms with E-state index in [1.807, 2.05) is 6.92 Å². The highest BCUT2D eigenvalue weighted by Crippen LogP contribution is 2.30. The number of anilines is 2. The molecule has 3 N–H and O–H groups in total. The molecule has 3 atom stereocenters. The third-order valence-corrected chi connectivity index (χ3v) is 9.57. The predicted molar refractivity (Wildman–Crippen MR) is 169 cm³/mol. The summed E-state index contributed by atoms with van der Waals surface area (Å²) in [5.41, 5.74) is 1.50. The Balaban J connectivity index is 1.60. The molecule has 44 heavy (non-hydrogen) atoms. The van der Waals surface area contributed by atoms with Crippen molar-refractivity contribution in [3.8, 4) is 11.5 Å². The standard InChI is InChI=1S/C31H37ClN4O7S/c1-20-17-36(21(2)19-37)30(38)16-22-15-25(34-31(39)33-24-7-10-26(42-4)11-8-24)9-14-28(22)43-29(20)18-35(3)44(40,41)27-12-5-23(32)6-13-27/h5-15,20-21,29,37H,16-19H2,1-4H3,(H2,33,34,39)/t20-,21+,29-/m0/s1. The van der Waals surface area contributed by atoms with Gasteiger partial charge in [-0.25, -0.2) is 13.2 Å². The summed E-state index contributed by atoms with van der Waals surface area (Å²) in [7, 11) is -0.840. The molecule has 0 saturated heterocycles. The minimum atomic E-state index is -3.87. The van der Waals surface area contributed by atoms with Gasteiger partial charge in [0.2, 0.25) is 15.9 Å². The van der Waals surface area contributed by atoms with Crippen molar-refractivity contribution in [3.63, 3.8) is 0 Å². The van der Waals surface area contributed by atoms with Crippen LogP contribution in [0.5, 0.6) is 11.5 Å². The molecule has 1 aliphatic rings. The lowest BCUT2D eigenvalue weighted by Gasteiger charge is -2.33. The van der Waals surface area contributed by atoms with Gasteiger partial charge in [0.25, 0.3) is 0 Å². The maximum atomic E-state index is 13.5. The van der Waals surface area contributed by atoms with E-state index < -0.39 is 28.2 Å². The average Bonchev–Trinajstić information content (AvgIpc) is 3.04. The van der Waals surface area contributed by atoms with E-state index in [4.69, 9.17) is 21.1 Å². The summed E-state index contributed by atoms with van der Waals surface area (Å²) in [4.78, 5) is 27.9. The van der Waals surface area contributed by atoms with Crippen LogP contribution in [0.15, 0.2) is 71.6 Å². The van der Waals surface area contributed by atoms with Crippen molar-refractivity contribution in [3.05, 3.63) is 77.3 Å². The topological polar surface area (TPSA) is 138 Å². The van der Waals surface area contributed by atoms with Crippen LogP contribution in [0.2, 0.25) is 5.02 Å². The second-order valence-electron chi connectivity index (χ2n) is 10.8. The first kappa shape index (κ1) is 33.1. The van der Waals surface area contributed by atoms with E-state index in [0.29, 0.717) is 33.5 Å². The number of hydrogen-bond acceptors (Lipinski definition) is 7. The second-order valence-corrected chi connectivity index (χ2v) is 13.2. The number of rotatable bonds is 9. The van der Waals surface area contributed by atoms with Gasteiger partial charge >= 0.3 is 6.03 Å². The first-order valence-electron chi connectivity index (χ1n) is 14.0. The van der Waals surface area contributed by atoms with E-state index in [2.05, 4.69) is 10.6 Å². The monoisotopic (exact) mass is 644 g/mol. The van der Waals surface area contributed by atoms with E-state index in [0.717, 1.165) is 0 Å². The molecule has 1 heterocycles. The Bertz CT molecular complexity index is 1570. The molecule has 0 aromatic heterocycles. The molecule has 11 nitrogen and oxygen atoms in total. The summed E-state index contributed by atoms with van der Waals surface area (Å²) in [6.07, 6.45) is -0.703. The Kier molecular flexibility index (Phi) is 10.7. The van der Waals surface area contributed by atoms with Crippen LogP contribution in [0.25, 0.3) is 0 Å². The summed E-state index contributed by atoms with van der Waals surface area (Å²) in [5, 5.41) is 15.8. The van der Waals surface area contributed by atoms with Gasteiger partial charge in [-0.05, 0) is 73.7 Å². The summed E-state index contributed by atoms with van der Waals surface area (Å²) in [5.74, 6) is 0.511. The number of halogens is 1. The molecule has 0 radical (unpaired) electrons.